The first kappa shape index (κ1) is 26.2. The van der Waals surface area contributed by atoms with Crippen LogP contribution in [-0.4, -0.2) is 37.1 Å². The van der Waals surface area contributed by atoms with E-state index in [2.05, 4.69) is 4.98 Å². The van der Waals surface area contributed by atoms with Crippen LogP contribution in [0, 0.1) is 6.92 Å². The zero-order chi connectivity index (χ0) is 26.8. The van der Waals surface area contributed by atoms with Crippen LogP contribution in [0.5, 0.6) is 5.75 Å². The number of halogens is 3. The number of alkyl halides is 3. The molecular weight excluding hydrogens is 509 g/mol. The number of hydrogen-bond acceptors (Lipinski definition) is 5. The molecule has 1 aliphatic rings. The lowest BCUT2D eigenvalue weighted by Gasteiger charge is -2.35. The highest BCUT2D eigenvalue weighted by molar-refractivity contribution is 7.92. The second-order valence-electron chi connectivity index (χ2n) is 8.50. The molecule has 1 aromatic heterocycles. The first-order valence-corrected chi connectivity index (χ1v) is 12.7. The predicted molar refractivity (Wildman–Crippen MR) is 132 cm³/mol. The summed E-state index contributed by atoms with van der Waals surface area (Å²) in [6.07, 6.45) is -0.620. The summed E-state index contributed by atoms with van der Waals surface area (Å²) in [5.74, 6) is -0.893. The van der Waals surface area contributed by atoms with Crippen LogP contribution in [0.1, 0.15) is 35.2 Å². The normalized spacial score (nSPS) is 15.9. The third kappa shape index (κ3) is 5.93. The van der Waals surface area contributed by atoms with E-state index in [0.29, 0.717) is 11.6 Å². The Hall–Kier alpha value is -3.86. The monoisotopic (exact) mass is 532 g/mol. The summed E-state index contributed by atoms with van der Waals surface area (Å²) in [5, 5.41) is 9.05. The molecule has 0 bridgehead atoms. The van der Waals surface area contributed by atoms with Gasteiger partial charge < -0.3 is 9.84 Å². The van der Waals surface area contributed by atoms with E-state index in [0.717, 1.165) is 33.8 Å². The quantitative estimate of drug-likeness (QED) is 0.438. The van der Waals surface area contributed by atoms with E-state index in [-0.39, 0.29) is 30.8 Å². The number of carboxylic acids is 1. The summed E-state index contributed by atoms with van der Waals surface area (Å²) < 4.78 is 73.9. The molecule has 2 heterocycles. The SMILES string of the molecule is Cc1cccnc1C=Cc1ccc2c(c1)N(S(=O)(=O)c1cccc(C(F)(F)F)c1)CC(CCC(=O)O)O2. The second kappa shape index (κ2) is 10.3. The first-order chi connectivity index (χ1) is 17.4. The molecular formula is C26H23F3N2O5S. The summed E-state index contributed by atoms with van der Waals surface area (Å²) in [6, 6.07) is 12.0. The molecule has 7 nitrogen and oxygen atoms in total. The van der Waals surface area contributed by atoms with Crippen molar-refractivity contribution in [1.29, 1.82) is 0 Å². The molecule has 3 aromatic rings. The van der Waals surface area contributed by atoms with Gasteiger partial charge in [-0.3, -0.25) is 14.1 Å². The predicted octanol–water partition coefficient (Wildman–Crippen LogP) is 5.40. The number of carbonyl (C=O) groups is 1. The van der Waals surface area contributed by atoms with E-state index in [9.17, 15) is 26.4 Å². The van der Waals surface area contributed by atoms with Gasteiger partial charge in [-0.2, -0.15) is 13.2 Å². The first-order valence-electron chi connectivity index (χ1n) is 11.3. The van der Waals surface area contributed by atoms with E-state index < -0.39 is 38.7 Å². The highest BCUT2D eigenvalue weighted by Gasteiger charge is 2.37. The van der Waals surface area contributed by atoms with E-state index in [1.165, 1.54) is 0 Å². The smallest absolute Gasteiger partial charge is 0.416 e. The van der Waals surface area contributed by atoms with Gasteiger partial charge in [0, 0.05) is 12.6 Å². The Morgan fingerprint density at radius 3 is 2.65 bits per heavy atom. The Kier molecular flexibility index (Phi) is 7.26. The maximum Gasteiger partial charge on any atom is 0.416 e. The maximum atomic E-state index is 13.6. The van der Waals surface area contributed by atoms with E-state index >= 15 is 0 Å². The molecule has 37 heavy (non-hydrogen) atoms. The number of aromatic nitrogens is 1. The highest BCUT2D eigenvalue weighted by atomic mass is 32.2. The highest BCUT2D eigenvalue weighted by Crippen LogP contribution is 2.40. The second-order valence-corrected chi connectivity index (χ2v) is 10.4. The minimum Gasteiger partial charge on any atom is -0.486 e. The molecule has 2 aromatic carbocycles. The molecule has 11 heteroatoms. The fourth-order valence-corrected chi connectivity index (χ4v) is 5.45. The summed E-state index contributed by atoms with van der Waals surface area (Å²) in [4.78, 5) is 14.8. The van der Waals surface area contributed by atoms with Crippen LogP contribution in [-0.2, 0) is 21.0 Å². The number of rotatable bonds is 7. The fraction of sp³-hybridized carbons (Fsp3) is 0.231. The number of sulfonamides is 1. The van der Waals surface area contributed by atoms with Gasteiger partial charge in [0.25, 0.3) is 10.0 Å². The summed E-state index contributed by atoms with van der Waals surface area (Å²) in [7, 11) is -4.45. The van der Waals surface area contributed by atoms with Gasteiger partial charge in [0.15, 0.2) is 0 Å². The van der Waals surface area contributed by atoms with Gasteiger partial charge in [-0.05, 0) is 66.9 Å². The lowest BCUT2D eigenvalue weighted by Crippen LogP contribution is -2.43. The van der Waals surface area contributed by atoms with E-state index in [1.807, 2.05) is 13.0 Å². The number of ether oxygens (including phenoxy) is 1. The molecule has 1 unspecified atom stereocenters. The largest absolute Gasteiger partial charge is 0.486 e. The Balaban J connectivity index is 1.75. The average molecular weight is 533 g/mol. The van der Waals surface area contributed by atoms with Gasteiger partial charge in [-0.25, -0.2) is 8.42 Å². The molecule has 0 saturated carbocycles. The van der Waals surface area contributed by atoms with Crippen molar-refractivity contribution >= 4 is 33.8 Å². The molecule has 0 amide bonds. The zero-order valence-electron chi connectivity index (χ0n) is 19.6. The Morgan fingerprint density at radius 2 is 1.95 bits per heavy atom. The number of hydrogen-bond donors (Lipinski definition) is 1. The van der Waals surface area contributed by atoms with Crippen LogP contribution in [0.4, 0.5) is 18.9 Å². The summed E-state index contributed by atoms with van der Waals surface area (Å²) >= 11 is 0. The minimum absolute atomic E-state index is 0.0178. The van der Waals surface area contributed by atoms with Crippen LogP contribution in [0.3, 0.4) is 0 Å². The van der Waals surface area contributed by atoms with Gasteiger partial charge in [0.05, 0.1) is 28.4 Å². The topological polar surface area (TPSA) is 96.8 Å². The minimum atomic E-state index is -4.72. The molecule has 1 aliphatic heterocycles. The Morgan fingerprint density at radius 1 is 1.16 bits per heavy atom. The van der Waals surface area contributed by atoms with Crippen LogP contribution < -0.4 is 9.04 Å². The average Bonchev–Trinajstić information content (AvgIpc) is 2.86. The summed E-state index contributed by atoms with van der Waals surface area (Å²) in [6.45, 7) is 1.64. The van der Waals surface area contributed by atoms with Crippen molar-refractivity contribution in [3.8, 4) is 5.75 Å². The molecule has 0 radical (unpaired) electrons. The number of nitrogens with zero attached hydrogens (tertiary/aromatic N) is 2. The number of aryl methyl sites for hydroxylation is 1. The van der Waals surface area contributed by atoms with Crippen molar-refractivity contribution in [2.75, 3.05) is 10.8 Å². The molecule has 0 aliphatic carbocycles. The van der Waals surface area contributed by atoms with Crippen LogP contribution in [0.2, 0.25) is 0 Å². The van der Waals surface area contributed by atoms with Crippen molar-refractivity contribution in [2.45, 2.75) is 36.9 Å². The van der Waals surface area contributed by atoms with Crippen molar-refractivity contribution < 1.29 is 36.2 Å². The zero-order valence-corrected chi connectivity index (χ0v) is 20.5. The number of anilines is 1. The lowest BCUT2D eigenvalue weighted by atomic mass is 10.1. The van der Waals surface area contributed by atoms with Crippen molar-refractivity contribution in [1.82, 2.24) is 4.98 Å². The van der Waals surface area contributed by atoms with E-state index in [4.69, 9.17) is 9.84 Å². The van der Waals surface area contributed by atoms with Crippen LogP contribution in [0.25, 0.3) is 12.2 Å². The fourth-order valence-electron chi connectivity index (χ4n) is 3.90. The Labute approximate surface area is 211 Å². The molecule has 0 fully saturated rings. The van der Waals surface area contributed by atoms with Crippen molar-refractivity contribution in [2.24, 2.45) is 0 Å². The van der Waals surface area contributed by atoms with Crippen LogP contribution in [0.15, 0.2) is 65.7 Å². The molecule has 0 saturated heterocycles. The van der Waals surface area contributed by atoms with Gasteiger partial charge >= 0.3 is 12.1 Å². The third-order valence-electron chi connectivity index (χ3n) is 5.83. The molecule has 1 N–H and O–H groups in total. The molecule has 194 valence electrons. The van der Waals surface area contributed by atoms with Crippen molar-refractivity contribution in [3.63, 3.8) is 0 Å². The molecule has 4 rings (SSSR count). The van der Waals surface area contributed by atoms with Gasteiger partial charge in [0.2, 0.25) is 0 Å². The lowest BCUT2D eigenvalue weighted by molar-refractivity contribution is -0.138. The van der Waals surface area contributed by atoms with Gasteiger partial charge in [-0.1, -0.05) is 24.3 Å². The number of pyridine rings is 1. The van der Waals surface area contributed by atoms with Crippen LogP contribution >= 0.6 is 0 Å². The standard InChI is InChI=1S/C26H23F3N2O5S/c1-17-4-3-13-30-22(17)10-7-18-8-11-24-23(14-18)31(16-20(36-24)9-12-25(32)33)37(34,35)21-6-2-5-19(15-21)26(27,28)29/h2-8,10-11,13-15,20H,9,12,16H2,1H3,(H,32,33). The number of fused-ring (bicyclic) bond motifs is 1. The van der Waals surface area contributed by atoms with Crippen molar-refractivity contribution in [3.05, 3.63) is 83.2 Å². The van der Waals surface area contributed by atoms with E-state index in [1.54, 1.807) is 42.6 Å². The molecule has 1 atom stereocenters. The maximum absolute atomic E-state index is 13.6. The summed E-state index contributed by atoms with van der Waals surface area (Å²) in [5.41, 5.74) is 1.32. The van der Waals surface area contributed by atoms with Gasteiger partial charge in [-0.15, -0.1) is 0 Å². The molecule has 0 spiro atoms. The van der Waals surface area contributed by atoms with Gasteiger partial charge in [0.1, 0.15) is 11.9 Å². The number of aliphatic carboxylic acids is 1. The number of benzene rings is 2. The number of carboxylic acid groups (broad SMARTS) is 1. The third-order valence-corrected chi connectivity index (χ3v) is 7.60. The Bertz CT molecular complexity index is 1450.